The molecule has 154 valence electrons. The number of carbonyl (C=O) groups is 1. The smallest absolute Gasteiger partial charge is 0.225 e. The van der Waals surface area contributed by atoms with Gasteiger partial charge in [-0.2, -0.15) is 0 Å². The molecule has 6 nitrogen and oxygen atoms in total. The van der Waals surface area contributed by atoms with Gasteiger partial charge in [0.1, 0.15) is 11.6 Å². The number of benzene rings is 1. The van der Waals surface area contributed by atoms with Crippen molar-refractivity contribution in [2.45, 2.75) is 19.3 Å². The monoisotopic (exact) mass is 394 g/mol. The van der Waals surface area contributed by atoms with Crippen LogP contribution in [0.5, 0.6) is 0 Å². The molecule has 2 fully saturated rings. The number of aliphatic imine (C=N–C) groups is 1. The number of carbonyl (C=O) groups excluding carboxylic acids is 1. The maximum atomic E-state index is 13.7. The first-order valence-electron chi connectivity index (χ1n) is 9.84. The van der Waals surface area contributed by atoms with E-state index in [4.69, 9.17) is 4.74 Å². The van der Waals surface area contributed by atoms with Crippen molar-refractivity contribution in [1.82, 2.24) is 15.1 Å². The van der Waals surface area contributed by atoms with Crippen molar-refractivity contribution in [2.75, 3.05) is 53.0 Å². The highest BCUT2D eigenvalue weighted by Gasteiger charge is 2.30. The SMILES string of the molecule is CN=C(NCCc1cc(F)ccc1F)N1CCC(C(=O)N2CCOCC2)CC1. The van der Waals surface area contributed by atoms with Gasteiger partial charge in [-0.3, -0.25) is 9.79 Å². The van der Waals surface area contributed by atoms with Crippen LogP contribution in [0, 0.1) is 17.6 Å². The lowest BCUT2D eigenvalue weighted by molar-refractivity contribution is -0.140. The fraction of sp³-hybridized carbons (Fsp3) is 0.600. The van der Waals surface area contributed by atoms with Crippen molar-refractivity contribution in [3.63, 3.8) is 0 Å². The van der Waals surface area contributed by atoms with Gasteiger partial charge in [0.15, 0.2) is 5.96 Å². The first-order valence-corrected chi connectivity index (χ1v) is 9.84. The normalized spacial score (nSPS) is 19.0. The molecule has 2 saturated heterocycles. The summed E-state index contributed by atoms with van der Waals surface area (Å²) in [6.45, 7) is 4.54. The largest absolute Gasteiger partial charge is 0.378 e. The lowest BCUT2D eigenvalue weighted by atomic mass is 9.95. The highest BCUT2D eigenvalue weighted by molar-refractivity contribution is 5.81. The molecule has 0 saturated carbocycles. The molecule has 2 heterocycles. The van der Waals surface area contributed by atoms with E-state index in [-0.39, 0.29) is 11.8 Å². The fourth-order valence-corrected chi connectivity index (χ4v) is 3.76. The Balaban J connectivity index is 1.45. The van der Waals surface area contributed by atoms with E-state index in [9.17, 15) is 13.6 Å². The Morgan fingerprint density at radius 2 is 1.89 bits per heavy atom. The number of ether oxygens (including phenoxy) is 1. The van der Waals surface area contributed by atoms with Crippen LogP contribution in [0.15, 0.2) is 23.2 Å². The average molecular weight is 394 g/mol. The summed E-state index contributed by atoms with van der Waals surface area (Å²) in [6.07, 6.45) is 1.94. The van der Waals surface area contributed by atoms with Crippen LogP contribution in [-0.2, 0) is 16.0 Å². The summed E-state index contributed by atoms with van der Waals surface area (Å²) >= 11 is 0. The number of amides is 1. The number of nitrogens with zero attached hydrogens (tertiary/aromatic N) is 3. The summed E-state index contributed by atoms with van der Waals surface area (Å²) in [5, 5.41) is 3.22. The van der Waals surface area contributed by atoms with E-state index in [0.29, 0.717) is 44.8 Å². The Hall–Kier alpha value is -2.22. The van der Waals surface area contributed by atoms with Crippen LogP contribution in [0.2, 0.25) is 0 Å². The maximum absolute atomic E-state index is 13.7. The Kier molecular flexibility index (Phi) is 7.19. The van der Waals surface area contributed by atoms with Gasteiger partial charge in [0, 0.05) is 45.7 Å². The molecule has 1 aromatic carbocycles. The van der Waals surface area contributed by atoms with E-state index in [2.05, 4.69) is 15.2 Å². The molecule has 0 radical (unpaired) electrons. The molecule has 0 aliphatic carbocycles. The van der Waals surface area contributed by atoms with Crippen molar-refractivity contribution < 1.29 is 18.3 Å². The van der Waals surface area contributed by atoms with Crippen molar-refractivity contribution in [2.24, 2.45) is 10.9 Å². The second-order valence-corrected chi connectivity index (χ2v) is 7.16. The van der Waals surface area contributed by atoms with Gasteiger partial charge in [-0.15, -0.1) is 0 Å². The van der Waals surface area contributed by atoms with Crippen LogP contribution in [0.4, 0.5) is 8.78 Å². The van der Waals surface area contributed by atoms with E-state index >= 15 is 0 Å². The highest BCUT2D eigenvalue weighted by Crippen LogP contribution is 2.20. The van der Waals surface area contributed by atoms with Crippen LogP contribution in [0.25, 0.3) is 0 Å². The molecule has 1 amide bonds. The van der Waals surface area contributed by atoms with E-state index in [1.54, 1.807) is 7.05 Å². The lowest BCUT2D eigenvalue weighted by Crippen LogP contribution is -2.50. The molecule has 3 rings (SSSR count). The van der Waals surface area contributed by atoms with Crippen LogP contribution >= 0.6 is 0 Å². The Labute approximate surface area is 164 Å². The molecule has 28 heavy (non-hydrogen) atoms. The van der Waals surface area contributed by atoms with E-state index in [1.165, 1.54) is 6.07 Å². The van der Waals surface area contributed by atoms with Gasteiger partial charge in [-0.05, 0) is 43.0 Å². The zero-order valence-corrected chi connectivity index (χ0v) is 16.3. The van der Waals surface area contributed by atoms with Gasteiger partial charge in [-0.25, -0.2) is 8.78 Å². The number of halogens is 2. The van der Waals surface area contributed by atoms with Crippen LogP contribution in [0.1, 0.15) is 18.4 Å². The van der Waals surface area contributed by atoms with Crippen LogP contribution in [-0.4, -0.2) is 74.7 Å². The molecule has 0 unspecified atom stereocenters. The molecular weight excluding hydrogens is 366 g/mol. The van der Waals surface area contributed by atoms with Crippen LogP contribution in [0.3, 0.4) is 0 Å². The fourth-order valence-electron chi connectivity index (χ4n) is 3.76. The predicted molar refractivity (Wildman–Crippen MR) is 103 cm³/mol. The van der Waals surface area contributed by atoms with E-state index in [1.807, 2.05) is 4.90 Å². The summed E-state index contributed by atoms with van der Waals surface area (Å²) in [6, 6.07) is 3.49. The molecule has 0 bridgehead atoms. The average Bonchev–Trinajstić information content (AvgIpc) is 2.74. The number of nitrogens with one attached hydrogen (secondary N) is 1. The van der Waals surface area contributed by atoms with Crippen molar-refractivity contribution in [3.8, 4) is 0 Å². The van der Waals surface area contributed by atoms with Gasteiger partial charge >= 0.3 is 0 Å². The third-order valence-electron chi connectivity index (χ3n) is 5.36. The number of morpholine rings is 1. The molecule has 1 aromatic rings. The first-order chi connectivity index (χ1) is 13.6. The summed E-state index contributed by atoms with van der Waals surface area (Å²) in [5.74, 6) is 0.170. The molecule has 0 spiro atoms. The standard InChI is InChI=1S/C20H28F2N4O2/c1-23-20(24-7-4-16-14-17(21)2-3-18(16)22)26-8-5-15(6-9-26)19(27)25-10-12-28-13-11-25/h2-3,14-15H,4-13H2,1H3,(H,23,24). The van der Waals surface area contributed by atoms with Gasteiger partial charge in [-0.1, -0.05) is 0 Å². The summed E-state index contributed by atoms with van der Waals surface area (Å²) < 4.78 is 32.3. The second-order valence-electron chi connectivity index (χ2n) is 7.16. The molecule has 1 N–H and O–H groups in total. The molecule has 2 aliphatic rings. The number of guanidine groups is 1. The molecular formula is C20H28F2N4O2. The minimum absolute atomic E-state index is 0.0499. The maximum Gasteiger partial charge on any atom is 0.225 e. The van der Waals surface area contributed by atoms with Gasteiger partial charge in [0.2, 0.25) is 5.91 Å². The quantitative estimate of drug-likeness (QED) is 0.623. The minimum Gasteiger partial charge on any atom is -0.378 e. The molecule has 8 heteroatoms. The Bertz CT molecular complexity index is 699. The number of hydrogen-bond acceptors (Lipinski definition) is 3. The lowest BCUT2D eigenvalue weighted by Gasteiger charge is -2.36. The zero-order chi connectivity index (χ0) is 19.9. The van der Waals surface area contributed by atoms with E-state index < -0.39 is 11.6 Å². The molecule has 2 aliphatic heterocycles. The van der Waals surface area contributed by atoms with Gasteiger partial charge in [0.05, 0.1) is 13.2 Å². The molecule has 0 aromatic heterocycles. The first kappa shape index (κ1) is 20.5. The zero-order valence-electron chi connectivity index (χ0n) is 16.3. The molecule has 0 atom stereocenters. The highest BCUT2D eigenvalue weighted by atomic mass is 19.1. The topological polar surface area (TPSA) is 57.2 Å². The number of rotatable bonds is 4. The Morgan fingerprint density at radius 1 is 1.18 bits per heavy atom. The van der Waals surface area contributed by atoms with Gasteiger partial charge < -0.3 is 19.9 Å². The summed E-state index contributed by atoms with van der Waals surface area (Å²) in [4.78, 5) is 20.9. The number of hydrogen-bond donors (Lipinski definition) is 1. The summed E-state index contributed by atoms with van der Waals surface area (Å²) in [5.41, 5.74) is 0.345. The van der Waals surface area contributed by atoms with Crippen molar-refractivity contribution in [3.05, 3.63) is 35.4 Å². The van der Waals surface area contributed by atoms with Crippen molar-refractivity contribution >= 4 is 11.9 Å². The van der Waals surface area contributed by atoms with E-state index in [0.717, 1.165) is 44.0 Å². The van der Waals surface area contributed by atoms with Gasteiger partial charge in [0.25, 0.3) is 0 Å². The van der Waals surface area contributed by atoms with Crippen LogP contribution < -0.4 is 5.32 Å². The predicted octanol–water partition coefficient (Wildman–Crippen LogP) is 1.65. The third-order valence-corrected chi connectivity index (χ3v) is 5.36. The minimum atomic E-state index is -0.437. The van der Waals surface area contributed by atoms with Crippen molar-refractivity contribution in [1.29, 1.82) is 0 Å². The number of likely N-dealkylation sites (tertiary alicyclic amines) is 1. The summed E-state index contributed by atoms with van der Waals surface area (Å²) in [7, 11) is 1.70. The number of piperidine rings is 1. The second kappa shape index (κ2) is 9.82. The third kappa shape index (κ3) is 5.19. The Morgan fingerprint density at radius 3 is 2.57 bits per heavy atom.